The van der Waals surface area contributed by atoms with Crippen molar-refractivity contribution in [2.24, 2.45) is 23.5 Å². The van der Waals surface area contributed by atoms with Gasteiger partial charge in [-0.2, -0.15) is 11.8 Å². The van der Waals surface area contributed by atoms with E-state index >= 15 is 0 Å². The Kier molecular flexibility index (Phi) is 18.6. The molecule has 290 valence electrons. The van der Waals surface area contributed by atoms with Crippen molar-refractivity contribution in [3.8, 4) is 11.5 Å². The Morgan fingerprint density at radius 2 is 1.53 bits per heavy atom. The van der Waals surface area contributed by atoms with Crippen molar-refractivity contribution >= 4 is 35.5 Å². The van der Waals surface area contributed by atoms with E-state index in [1.165, 1.54) is 56.7 Å². The molecule has 2 rings (SSSR count). The molecule has 11 nitrogen and oxygen atoms in total. The lowest BCUT2D eigenvalue weighted by Gasteiger charge is -2.38. The van der Waals surface area contributed by atoms with E-state index in [4.69, 9.17) is 20.7 Å². The van der Waals surface area contributed by atoms with Gasteiger partial charge in [0, 0.05) is 29.1 Å². The average Bonchev–Trinajstić information content (AvgIpc) is 3.05. The number of carbonyl (C=O) groups is 4. The van der Waals surface area contributed by atoms with Crippen LogP contribution in [0, 0.1) is 31.6 Å². The number of nitrogens with two attached hydrogens (primary N) is 1. The first kappa shape index (κ1) is 44.2. The number of rotatable bonds is 24. The van der Waals surface area contributed by atoms with E-state index in [1.54, 1.807) is 0 Å². The quantitative estimate of drug-likeness (QED) is 0.0672. The number of aliphatic carboxylic acids is 2. The smallest absolute Gasteiger partial charge is 0.322 e. The average molecular weight is 736 g/mol. The summed E-state index contributed by atoms with van der Waals surface area (Å²) in [6.07, 6.45) is 12.3. The molecule has 1 aromatic rings. The molecule has 0 bridgehead atoms. The van der Waals surface area contributed by atoms with Gasteiger partial charge in [-0.15, -0.1) is 0 Å². The Bertz CT molecular complexity index is 1320. The molecule has 1 aromatic carbocycles. The number of benzene rings is 1. The number of fused-ring (bicyclic) bond motifs is 1. The molecule has 12 heteroatoms. The third-order valence-corrected chi connectivity index (χ3v) is 11.4. The molecular weight excluding hydrogens is 671 g/mol. The lowest BCUT2D eigenvalue weighted by molar-refractivity contribution is -0.139. The van der Waals surface area contributed by atoms with Gasteiger partial charge in [0.15, 0.2) is 0 Å². The van der Waals surface area contributed by atoms with Crippen molar-refractivity contribution in [3.05, 3.63) is 22.3 Å². The maximum atomic E-state index is 12.8. The Labute approximate surface area is 309 Å². The van der Waals surface area contributed by atoms with E-state index in [2.05, 4.69) is 45.3 Å². The summed E-state index contributed by atoms with van der Waals surface area (Å²) in [5, 5.41) is 34.1. The van der Waals surface area contributed by atoms with Crippen LogP contribution in [0.5, 0.6) is 11.5 Å². The highest BCUT2D eigenvalue weighted by molar-refractivity contribution is 7.98. The Balaban J connectivity index is 2.01. The third kappa shape index (κ3) is 15.3. The third-order valence-electron chi connectivity index (χ3n) is 10.3. The zero-order valence-corrected chi connectivity index (χ0v) is 32.9. The van der Waals surface area contributed by atoms with E-state index < -0.39 is 42.4 Å². The summed E-state index contributed by atoms with van der Waals surface area (Å²) >= 11 is 1.32. The normalized spacial score (nSPS) is 17.9. The van der Waals surface area contributed by atoms with Crippen LogP contribution in [0.2, 0.25) is 0 Å². The largest absolute Gasteiger partial charge is 0.507 e. The minimum atomic E-state index is -1.23. The van der Waals surface area contributed by atoms with Crippen LogP contribution in [0.4, 0.5) is 0 Å². The van der Waals surface area contributed by atoms with Crippen molar-refractivity contribution < 1.29 is 39.2 Å². The van der Waals surface area contributed by atoms with Gasteiger partial charge in [0.05, 0.1) is 0 Å². The first-order chi connectivity index (χ1) is 23.9. The van der Waals surface area contributed by atoms with Crippen molar-refractivity contribution in [1.82, 2.24) is 10.6 Å². The number of hydrogen-bond acceptors (Lipinski definition) is 8. The summed E-state index contributed by atoms with van der Waals surface area (Å²) in [5.41, 5.74) is 8.53. The van der Waals surface area contributed by atoms with Crippen LogP contribution >= 0.6 is 11.8 Å². The lowest BCUT2D eigenvalue weighted by Crippen LogP contribution is -2.49. The number of phenols is 1. The number of hydrogen-bond donors (Lipinski definition) is 6. The van der Waals surface area contributed by atoms with E-state index in [-0.39, 0.29) is 29.9 Å². The van der Waals surface area contributed by atoms with Gasteiger partial charge in [-0.1, -0.05) is 72.6 Å². The van der Waals surface area contributed by atoms with Gasteiger partial charge >= 0.3 is 11.9 Å². The highest BCUT2D eigenvalue weighted by atomic mass is 32.2. The van der Waals surface area contributed by atoms with Crippen LogP contribution in [0.3, 0.4) is 0 Å². The molecule has 0 aliphatic carbocycles. The maximum absolute atomic E-state index is 12.8. The van der Waals surface area contributed by atoms with E-state index in [0.29, 0.717) is 11.7 Å². The van der Waals surface area contributed by atoms with Gasteiger partial charge in [0.25, 0.3) is 0 Å². The summed E-state index contributed by atoms with van der Waals surface area (Å²) in [6, 6.07) is -2.29. The van der Waals surface area contributed by atoms with E-state index in [0.717, 1.165) is 65.5 Å². The summed E-state index contributed by atoms with van der Waals surface area (Å²) < 4.78 is 6.76. The molecule has 0 saturated carbocycles. The highest BCUT2D eigenvalue weighted by Gasteiger charge is 2.35. The van der Waals surface area contributed by atoms with Crippen LogP contribution in [-0.4, -0.2) is 69.1 Å². The monoisotopic (exact) mass is 735 g/mol. The molecule has 7 N–H and O–H groups in total. The molecule has 51 heavy (non-hydrogen) atoms. The van der Waals surface area contributed by atoms with Crippen LogP contribution < -0.4 is 21.1 Å². The summed E-state index contributed by atoms with van der Waals surface area (Å²) in [7, 11) is 0. The molecule has 0 radical (unpaired) electrons. The van der Waals surface area contributed by atoms with Gasteiger partial charge in [0.2, 0.25) is 11.8 Å². The van der Waals surface area contributed by atoms with Gasteiger partial charge in [-0.25, -0.2) is 0 Å². The number of carboxylic acid groups (broad SMARTS) is 2. The molecule has 5 atom stereocenters. The molecule has 0 fully saturated rings. The molecule has 0 saturated heterocycles. The zero-order chi connectivity index (χ0) is 38.3. The summed E-state index contributed by atoms with van der Waals surface area (Å²) in [6.45, 7) is 14.8. The number of phenolic OH excluding ortho intramolecular Hbond substituents is 1. The number of amides is 2. The first-order valence-corrected chi connectivity index (χ1v) is 20.0. The Hall–Kier alpha value is -2.99. The maximum Gasteiger partial charge on any atom is 0.322 e. The second-order valence-electron chi connectivity index (χ2n) is 15.5. The number of nitrogens with one attached hydrogen (secondary N) is 2. The highest BCUT2D eigenvalue weighted by Crippen LogP contribution is 2.46. The second kappa shape index (κ2) is 21.5. The van der Waals surface area contributed by atoms with Crippen LogP contribution in [0.15, 0.2) is 0 Å². The minimum absolute atomic E-state index is 0.0944. The van der Waals surface area contributed by atoms with Crippen molar-refractivity contribution in [2.45, 2.75) is 155 Å². The number of thioether (sulfide) groups is 1. The van der Waals surface area contributed by atoms with Crippen molar-refractivity contribution in [2.75, 3.05) is 12.3 Å². The van der Waals surface area contributed by atoms with Crippen LogP contribution in [0.1, 0.15) is 134 Å². The van der Waals surface area contributed by atoms with Crippen LogP contribution in [-0.2, 0) is 31.4 Å². The standard InChI is InChI=1S/C39H65N3O8S/c1-24(2)11-8-12-25(3)13-9-14-26(4)15-10-19-39(7)20-18-29-30(35(46)27(5)28(6)36(29)50-39)22-51-23-32(37(47)41-21-34(44)45)42-33(43)17-16-31(40)38(48)49/h24-26,31-32,46H,8-23,40H2,1-7H3,(H,41,47)(H,42,43)(H,44,45)(H,48,49). The zero-order valence-electron chi connectivity index (χ0n) is 32.1. The van der Waals surface area contributed by atoms with Crippen LogP contribution in [0.25, 0.3) is 0 Å². The van der Waals surface area contributed by atoms with Gasteiger partial charge < -0.3 is 36.4 Å². The topological polar surface area (TPSA) is 188 Å². The predicted molar refractivity (Wildman–Crippen MR) is 203 cm³/mol. The molecular formula is C39H65N3O8S. The fraction of sp³-hybridized carbons (Fsp3) is 0.744. The fourth-order valence-corrected chi connectivity index (χ4v) is 7.83. The number of carbonyl (C=O) groups excluding carboxylic acids is 2. The Morgan fingerprint density at radius 3 is 2.12 bits per heavy atom. The Morgan fingerprint density at radius 1 is 0.922 bits per heavy atom. The number of ether oxygens (including phenoxy) is 1. The van der Waals surface area contributed by atoms with E-state index in [1.807, 2.05) is 13.8 Å². The van der Waals surface area contributed by atoms with Gasteiger partial charge in [-0.3, -0.25) is 19.2 Å². The SMILES string of the molecule is Cc1c(C)c2c(c(CSCC(NC(=O)CCC(N)C(=O)O)C(=O)NCC(=O)O)c1O)CCC(C)(CCCC(C)CCCC(C)CCCC(C)C)O2. The van der Waals surface area contributed by atoms with Crippen molar-refractivity contribution in [3.63, 3.8) is 0 Å². The summed E-state index contributed by atoms with van der Waals surface area (Å²) in [5.74, 6) is -0.00688. The number of carboxylic acids is 2. The molecule has 0 spiro atoms. The summed E-state index contributed by atoms with van der Waals surface area (Å²) in [4.78, 5) is 47.4. The molecule has 1 heterocycles. The molecule has 1 aliphatic heterocycles. The molecule has 1 aliphatic rings. The van der Waals surface area contributed by atoms with E-state index in [9.17, 15) is 24.3 Å². The van der Waals surface area contributed by atoms with Gasteiger partial charge in [-0.05, 0) is 81.8 Å². The second-order valence-corrected chi connectivity index (χ2v) is 16.6. The molecule has 5 unspecified atom stereocenters. The predicted octanol–water partition coefficient (Wildman–Crippen LogP) is 6.64. The van der Waals surface area contributed by atoms with Gasteiger partial charge in [0.1, 0.15) is 35.7 Å². The van der Waals surface area contributed by atoms with Crippen molar-refractivity contribution in [1.29, 1.82) is 0 Å². The fourth-order valence-electron chi connectivity index (χ4n) is 6.73. The molecule has 2 amide bonds. The lowest BCUT2D eigenvalue weighted by atomic mass is 9.83. The first-order valence-electron chi connectivity index (χ1n) is 18.8. The minimum Gasteiger partial charge on any atom is -0.507 e. The molecule has 0 aromatic heterocycles. The number of aromatic hydroxyl groups is 1.